The Morgan fingerprint density at radius 3 is 2.42 bits per heavy atom. The first-order valence-corrected chi connectivity index (χ1v) is 13.3. The molecule has 0 spiro atoms. The predicted octanol–water partition coefficient (Wildman–Crippen LogP) is 6.79. The molecule has 0 saturated heterocycles. The van der Waals surface area contributed by atoms with Crippen LogP contribution in [0.3, 0.4) is 0 Å². The van der Waals surface area contributed by atoms with E-state index in [1.54, 1.807) is 0 Å². The van der Waals surface area contributed by atoms with Gasteiger partial charge in [-0.05, 0) is 39.0 Å². The number of nitrogens with zero attached hydrogens (tertiary/aromatic N) is 4. The van der Waals surface area contributed by atoms with Crippen molar-refractivity contribution in [3.05, 3.63) is 95.4 Å². The largest absolute Gasteiger partial charge is 0.301 e. The number of nitrogens with one attached hydrogen (secondary N) is 1. The van der Waals surface area contributed by atoms with Gasteiger partial charge in [0.1, 0.15) is 0 Å². The summed E-state index contributed by atoms with van der Waals surface area (Å²) in [4.78, 5) is 17.6. The van der Waals surface area contributed by atoms with Crippen molar-refractivity contribution in [2.45, 2.75) is 31.2 Å². The number of aromatic nitrogens is 4. The van der Waals surface area contributed by atoms with Crippen LogP contribution >= 0.6 is 23.1 Å². The zero-order valence-corrected chi connectivity index (χ0v) is 21.8. The van der Waals surface area contributed by atoms with Crippen molar-refractivity contribution < 1.29 is 4.79 Å². The van der Waals surface area contributed by atoms with Gasteiger partial charge >= 0.3 is 0 Å². The summed E-state index contributed by atoms with van der Waals surface area (Å²) >= 11 is 2.79. The second kappa shape index (κ2) is 10.5. The number of rotatable bonds is 7. The van der Waals surface area contributed by atoms with Crippen LogP contribution in [0.4, 0.5) is 5.13 Å². The van der Waals surface area contributed by atoms with Gasteiger partial charge in [-0.25, -0.2) is 4.98 Å². The van der Waals surface area contributed by atoms with Gasteiger partial charge in [-0.1, -0.05) is 83.6 Å². The Balaban J connectivity index is 1.39. The van der Waals surface area contributed by atoms with Crippen molar-refractivity contribution >= 4 is 34.1 Å². The second-order valence-electron chi connectivity index (χ2n) is 8.50. The molecule has 0 aliphatic rings. The van der Waals surface area contributed by atoms with Crippen LogP contribution in [-0.2, 0) is 4.79 Å². The molecule has 3 aromatic carbocycles. The minimum atomic E-state index is -0.409. The lowest BCUT2D eigenvalue weighted by Gasteiger charge is -2.14. The van der Waals surface area contributed by atoms with Gasteiger partial charge < -0.3 is 5.32 Å². The molecule has 0 unspecified atom stereocenters. The molecule has 0 aliphatic heterocycles. The lowest BCUT2D eigenvalue weighted by Crippen LogP contribution is -2.22. The molecule has 1 amide bonds. The monoisotopic (exact) mass is 511 g/mol. The summed E-state index contributed by atoms with van der Waals surface area (Å²) in [5, 5.41) is 14.7. The third-order valence-electron chi connectivity index (χ3n) is 5.66. The van der Waals surface area contributed by atoms with Gasteiger partial charge in [0, 0.05) is 22.2 Å². The van der Waals surface area contributed by atoms with Crippen LogP contribution < -0.4 is 5.32 Å². The molecule has 0 bridgehead atoms. The predicted molar refractivity (Wildman–Crippen MR) is 148 cm³/mol. The Hall–Kier alpha value is -3.75. The molecule has 180 valence electrons. The third kappa shape index (κ3) is 5.24. The molecule has 0 fully saturated rings. The summed E-state index contributed by atoms with van der Waals surface area (Å²) in [5.41, 5.74) is 6.10. The highest BCUT2D eigenvalue weighted by Crippen LogP contribution is 2.31. The van der Waals surface area contributed by atoms with Crippen molar-refractivity contribution in [2.24, 2.45) is 0 Å². The molecule has 2 heterocycles. The fraction of sp³-hybridized carbons (Fsp3) is 0.143. The minimum absolute atomic E-state index is 0.135. The van der Waals surface area contributed by atoms with Gasteiger partial charge in [0.05, 0.1) is 10.9 Å². The van der Waals surface area contributed by atoms with E-state index in [4.69, 9.17) is 0 Å². The van der Waals surface area contributed by atoms with E-state index < -0.39 is 5.25 Å². The Labute approximate surface area is 218 Å². The van der Waals surface area contributed by atoms with Crippen molar-refractivity contribution in [2.75, 3.05) is 5.32 Å². The Morgan fingerprint density at radius 1 is 0.917 bits per heavy atom. The highest BCUT2D eigenvalue weighted by molar-refractivity contribution is 8.00. The van der Waals surface area contributed by atoms with E-state index in [1.807, 2.05) is 71.5 Å². The van der Waals surface area contributed by atoms with Gasteiger partial charge in [-0.3, -0.25) is 9.36 Å². The fourth-order valence-electron chi connectivity index (χ4n) is 3.74. The number of hydrogen-bond donors (Lipinski definition) is 1. The first kappa shape index (κ1) is 24.0. The first-order chi connectivity index (χ1) is 17.5. The van der Waals surface area contributed by atoms with E-state index in [1.165, 1.54) is 28.7 Å². The van der Waals surface area contributed by atoms with E-state index >= 15 is 0 Å². The molecule has 1 atom stereocenters. The number of amides is 1. The van der Waals surface area contributed by atoms with Crippen LogP contribution in [0.25, 0.3) is 28.3 Å². The van der Waals surface area contributed by atoms with E-state index in [0.29, 0.717) is 10.3 Å². The third-order valence-corrected chi connectivity index (χ3v) is 7.46. The van der Waals surface area contributed by atoms with Crippen LogP contribution in [-0.4, -0.2) is 30.9 Å². The van der Waals surface area contributed by atoms with Crippen LogP contribution in [0.1, 0.15) is 18.1 Å². The number of hydrogen-bond acceptors (Lipinski definition) is 6. The number of carbonyl (C=O) groups excluding carboxylic acids is 1. The summed E-state index contributed by atoms with van der Waals surface area (Å²) < 4.78 is 2.01. The van der Waals surface area contributed by atoms with Crippen molar-refractivity contribution in [3.8, 4) is 28.3 Å². The molecule has 0 aliphatic carbocycles. The molecular weight excluding hydrogens is 486 g/mol. The highest BCUT2D eigenvalue weighted by Gasteiger charge is 2.23. The van der Waals surface area contributed by atoms with Gasteiger partial charge in [-0.15, -0.1) is 21.5 Å². The average Bonchev–Trinajstić information content (AvgIpc) is 3.52. The smallest absolute Gasteiger partial charge is 0.239 e. The Morgan fingerprint density at radius 2 is 1.67 bits per heavy atom. The summed E-state index contributed by atoms with van der Waals surface area (Å²) in [6, 6.07) is 26.3. The van der Waals surface area contributed by atoms with E-state index in [2.05, 4.69) is 58.6 Å². The normalized spacial score (nSPS) is 11.9. The van der Waals surface area contributed by atoms with Gasteiger partial charge in [0.25, 0.3) is 0 Å². The van der Waals surface area contributed by atoms with Crippen molar-refractivity contribution in [1.29, 1.82) is 0 Å². The zero-order valence-electron chi connectivity index (χ0n) is 20.2. The minimum Gasteiger partial charge on any atom is -0.301 e. The van der Waals surface area contributed by atoms with Gasteiger partial charge in [0.2, 0.25) is 5.91 Å². The molecule has 5 aromatic rings. The first-order valence-electron chi connectivity index (χ1n) is 11.6. The number of carbonyl (C=O) groups is 1. The number of aryl methyl sites for hydroxylation is 2. The van der Waals surface area contributed by atoms with E-state index in [9.17, 15) is 4.79 Å². The SMILES string of the molecule is Cc1ccc(-n2c(S[C@@H](C)C(=O)Nc3nc(-c4ccccc4)cs3)nnc2-c2cccc(C)c2)cc1. The molecular formula is C28H25N5OS2. The van der Waals surface area contributed by atoms with Gasteiger partial charge in [-0.2, -0.15) is 0 Å². The van der Waals surface area contributed by atoms with Crippen LogP contribution in [0.5, 0.6) is 0 Å². The van der Waals surface area contributed by atoms with E-state index in [0.717, 1.165) is 33.9 Å². The number of anilines is 1. The quantitative estimate of drug-likeness (QED) is 0.244. The molecule has 8 heteroatoms. The maximum atomic E-state index is 13.1. The highest BCUT2D eigenvalue weighted by atomic mass is 32.2. The topological polar surface area (TPSA) is 72.7 Å². The van der Waals surface area contributed by atoms with Crippen molar-refractivity contribution in [3.63, 3.8) is 0 Å². The second-order valence-corrected chi connectivity index (χ2v) is 10.7. The van der Waals surface area contributed by atoms with Crippen LogP contribution in [0, 0.1) is 13.8 Å². The van der Waals surface area contributed by atoms with Crippen LogP contribution in [0.15, 0.2) is 89.4 Å². The lowest BCUT2D eigenvalue weighted by molar-refractivity contribution is -0.115. The summed E-state index contributed by atoms with van der Waals surface area (Å²) in [5.74, 6) is 0.606. The maximum absolute atomic E-state index is 13.1. The molecule has 0 radical (unpaired) electrons. The number of benzene rings is 3. The van der Waals surface area contributed by atoms with E-state index in [-0.39, 0.29) is 5.91 Å². The summed E-state index contributed by atoms with van der Waals surface area (Å²) in [6.07, 6.45) is 0. The summed E-state index contributed by atoms with van der Waals surface area (Å²) in [7, 11) is 0. The number of thioether (sulfide) groups is 1. The zero-order chi connectivity index (χ0) is 25.1. The molecule has 5 rings (SSSR count). The average molecular weight is 512 g/mol. The van der Waals surface area contributed by atoms with Crippen LogP contribution in [0.2, 0.25) is 0 Å². The van der Waals surface area contributed by atoms with Crippen molar-refractivity contribution in [1.82, 2.24) is 19.7 Å². The fourth-order valence-corrected chi connectivity index (χ4v) is 5.33. The standard InChI is InChI=1S/C28H25N5OS2/c1-18-12-14-23(15-13-18)33-25(22-11-7-8-19(2)16-22)31-32-28(33)36-20(3)26(34)30-27-29-24(17-35-27)21-9-5-4-6-10-21/h4-17,20H,1-3H3,(H,29,30,34)/t20-/m0/s1. The molecule has 0 saturated carbocycles. The molecule has 36 heavy (non-hydrogen) atoms. The Kier molecular flexibility index (Phi) is 6.97. The maximum Gasteiger partial charge on any atom is 0.239 e. The molecule has 2 aromatic heterocycles. The summed E-state index contributed by atoms with van der Waals surface area (Å²) in [6.45, 7) is 5.98. The molecule has 6 nitrogen and oxygen atoms in total. The number of thiazole rings is 1. The van der Waals surface area contributed by atoms with Gasteiger partial charge in [0.15, 0.2) is 16.1 Å². The Bertz CT molecular complexity index is 1490. The molecule has 1 N–H and O–H groups in total. The lowest BCUT2D eigenvalue weighted by atomic mass is 10.1.